The highest BCUT2D eigenvalue weighted by Gasteiger charge is 2.42. The smallest absolute Gasteiger partial charge is 0.334 e. The first-order valence-corrected chi connectivity index (χ1v) is 8.43. The number of nitrogens with two attached hydrogens (primary N) is 2. The summed E-state index contributed by atoms with van der Waals surface area (Å²) in [7, 11) is 1.14. The molecule has 0 radical (unpaired) electrons. The van der Waals surface area contributed by atoms with E-state index >= 15 is 0 Å². The van der Waals surface area contributed by atoms with Gasteiger partial charge in [-0.2, -0.15) is 0 Å². The number of hydrazine groups is 1. The van der Waals surface area contributed by atoms with Crippen LogP contribution in [0.3, 0.4) is 0 Å². The van der Waals surface area contributed by atoms with Gasteiger partial charge in [0.25, 0.3) is 0 Å². The van der Waals surface area contributed by atoms with Crippen molar-refractivity contribution < 1.29 is 24.1 Å². The first kappa shape index (κ1) is 24.4. The number of esters is 2. The molecule has 11 nitrogen and oxygen atoms in total. The van der Waals surface area contributed by atoms with Crippen molar-refractivity contribution in [2.45, 2.75) is 77.6 Å². The maximum absolute atomic E-state index is 12.3. The number of carbonyl (C=O) groups excluding carboxylic acids is 2. The van der Waals surface area contributed by atoms with E-state index in [-0.39, 0.29) is 18.8 Å². The molecule has 27 heavy (non-hydrogen) atoms. The lowest BCUT2D eigenvalue weighted by atomic mass is 10.0. The van der Waals surface area contributed by atoms with E-state index in [1.165, 1.54) is 0 Å². The fourth-order valence-electron chi connectivity index (χ4n) is 2.40. The minimum atomic E-state index is -1.23. The van der Waals surface area contributed by atoms with E-state index in [0.717, 1.165) is 12.1 Å². The zero-order valence-corrected chi connectivity index (χ0v) is 17.0. The number of ether oxygens (including phenoxy) is 2. The molecule has 0 aromatic carbocycles. The predicted molar refractivity (Wildman–Crippen MR) is 99.1 cm³/mol. The first-order valence-electron chi connectivity index (χ1n) is 8.43. The van der Waals surface area contributed by atoms with E-state index < -0.39 is 40.2 Å². The summed E-state index contributed by atoms with van der Waals surface area (Å²) < 4.78 is 9.98. The van der Waals surface area contributed by atoms with Crippen molar-refractivity contribution in [2.24, 2.45) is 16.5 Å². The Morgan fingerprint density at radius 2 is 1.63 bits per heavy atom. The van der Waals surface area contributed by atoms with Gasteiger partial charge >= 0.3 is 11.9 Å². The lowest BCUT2D eigenvalue weighted by molar-refractivity contribution is -0.678. The molecule has 0 aliphatic heterocycles. The maximum atomic E-state index is 12.3. The van der Waals surface area contributed by atoms with Crippen LogP contribution in [0.5, 0.6) is 0 Å². The Balaban J connectivity index is 5.62. The van der Waals surface area contributed by atoms with Crippen molar-refractivity contribution in [1.82, 2.24) is 5.01 Å². The van der Waals surface area contributed by atoms with Gasteiger partial charge in [0.15, 0.2) is 23.1 Å². The summed E-state index contributed by atoms with van der Waals surface area (Å²) in [5.74, 6) is -1.82. The van der Waals surface area contributed by atoms with E-state index in [9.17, 15) is 19.7 Å². The number of hydrogen-bond donors (Lipinski definition) is 2. The maximum Gasteiger partial charge on any atom is 0.334 e. The third kappa shape index (κ3) is 8.56. The predicted octanol–water partition coefficient (Wildman–Crippen LogP) is 0.584. The van der Waals surface area contributed by atoms with Crippen molar-refractivity contribution in [3.05, 3.63) is 10.1 Å². The highest BCUT2D eigenvalue weighted by molar-refractivity contribution is 5.83. The first-order chi connectivity index (χ1) is 12.1. The standard InChI is InChI=1S/C16H31N5O6/c1-15(2,3)20(21(24)25)11(13(23)26-7)9-8-10(19-14(17)18)12(22)27-16(4,5)6/h10-11H,8-9H2,1-7H3,(H4,17,18,19)/t10-,11-/m0/s1. The summed E-state index contributed by atoms with van der Waals surface area (Å²) in [6.45, 7) is 9.82. The van der Waals surface area contributed by atoms with Gasteiger partial charge in [0, 0.05) is 0 Å². The van der Waals surface area contributed by atoms with Crippen LogP contribution in [0.4, 0.5) is 0 Å². The van der Waals surface area contributed by atoms with E-state index in [1.54, 1.807) is 41.5 Å². The van der Waals surface area contributed by atoms with Gasteiger partial charge in [-0.05, 0) is 54.4 Å². The van der Waals surface area contributed by atoms with Crippen LogP contribution >= 0.6 is 0 Å². The second-order valence-corrected chi connectivity index (χ2v) is 7.97. The second kappa shape index (κ2) is 9.38. The zero-order valence-electron chi connectivity index (χ0n) is 17.0. The summed E-state index contributed by atoms with van der Waals surface area (Å²) in [4.78, 5) is 39.9. The lowest BCUT2D eigenvalue weighted by Gasteiger charge is -2.33. The van der Waals surface area contributed by atoms with Crippen molar-refractivity contribution >= 4 is 17.9 Å². The van der Waals surface area contributed by atoms with Gasteiger partial charge in [0.1, 0.15) is 5.60 Å². The van der Waals surface area contributed by atoms with Gasteiger partial charge in [0.2, 0.25) is 0 Å². The molecule has 0 aromatic heterocycles. The third-order valence-corrected chi connectivity index (χ3v) is 3.33. The highest BCUT2D eigenvalue weighted by atomic mass is 16.7. The quantitative estimate of drug-likeness (QED) is 0.199. The Kier molecular flexibility index (Phi) is 8.48. The molecule has 0 rings (SSSR count). The molecule has 0 heterocycles. The van der Waals surface area contributed by atoms with Crippen LogP contribution < -0.4 is 11.5 Å². The Morgan fingerprint density at radius 3 is 1.96 bits per heavy atom. The Morgan fingerprint density at radius 1 is 1.11 bits per heavy atom. The van der Waals surface area contributed by atoms with Crippen LogP contribution in [0, 0.1) is 10.1 Å². The minimum Gasteiger partial charge on any atom is -0.467 e. The summed E-state index contributed by atoms with van der Waals surface area (Å²) in [6.07, 6.45) is -0.140. The largest absolute Gasteiger partial charge is 0.467 e. The topological polar surface area (TPSA) is 163 Å². The number of nitrogens with zero attached hydrogens (tertiary/aromatic N) is 3. The summed E-state index contributed by atoms with van der Waals surface area (Å²) in [6, 6.07) is -2.33. The number of methoxy groups -OCH3 is 1. The molecule has 0 aliphatic carbocycles. The van der Waals surface area contributed by atoms with Crippen LogP contribution in [-0.2, 0) is 19.1 Å². The summed E-state index contributed by atoms with van der Waals surface area (Å²) in [5, 5.41) is 11.6. The highest BCUT2D eigenvalue weighted by Crippen LogP contribution is 2.23. The van der Waals surface area contributed by atoms with Crippen LogP contribution in [-0.4, -0.2) is 58.3 Å². The third-order valence-electron chi connectivity index (χ3n) is 3.33. The molecule has 0 fully saturated rings. The molecule has 2 atom stereocenters. The van der Waals surface area contributed by atoms with Gasteiger partial charge in [-0.3, -0.25) is 0 Å². The molecule has 0 aliphatic rings. The zero-order chi connectivity index (χ0) is 21.6. The van der Waals surface area contributed by atoms with Crippen molar-refractivity contribution in [1.29, 1.82) is 0 Å². The van der Waals surface area contributed by atoms with E-state index in [4.69, 9.17) is 20.9 Å². The Bertz CT molecular complexity index is 575. The number of guanidine groups is 1. The molecule has 4 N–H and O–H groups in total. The lowest BCUT2D eigenvalue weighted by Crippen LogP contribution is -2.55. The molecule has 0 amide bonds. The molecule has 0 saturated carbocycles. The van der Waals surface area contributed by atoms with E-state index in [1.807, 2.05) is 0 Å². The van der Waals surface area contributed by atoms with Crippen molar-refractivity contribution in [2.75, 3.05) is 7.11 Å². The molecule has 0 spiro atoms. The fourth-order valence-corrected chi connectivity index (χ4v) is 2.40. The number of carbonyl (C=O) groups is 2. The average molecular weight is 389 g/mol. The number of hydrogen-bond acceptors (Lipinski definition) is 7. The monoisotopic (exact) mass is 389 g/mol. The van der Waals surface area contributed by atoms with Crippen LogP contribution in [0.15, 0.2) is 4.99 Å². The molecule has 0 aromatic rings. The van der Waals surface area contributed by atoms with Crippen LogP contribution in [0.2, 0.25) is 0 Å². The molecule has 0 bridgehead atoms. The van der Waals surface area contributed by atoms with Gasteiger partial charge in [-0.1, -0.05) is 0 Å². The number of nitro groups is 1. The van der Waals surface area contributed by atoms with E-state index in [0.29, 0.717) is 0 Å². The Labute approximate surface area is 159 Å². The Hall–Kier alpha value is -2.59. The second-order valence-electron chi connectivity index (χ2n) is 7.97. The van der Waals surface area contributed by atoms with Crippen LogP contribution in [0.25, 0.3) is 0 Å². The number of rotatable bonds is 8. The fraction of sp³-hybridized carbons (Fsp3) is 0.812. The summed E-state index contributed by atoms with van der Waals surface area (Å²) in [5.41, 5.74) is 9.01. The SMILES string of the molecule is COC(=O)[C@H](CC[C@H](N=C(N)N)C(=O)OC(C)(C)C)N([N+](=O)[O-])C(C)(C)C. The molecular formula is C16H31N5O6. The van der Waals surface area contributed by atoms with Crippen molar-refractivity contribution in [3.63, 3.8) is 0 Å². The van der Waals surface area contributed by atoms with E-state index in [2.05, 4.69) is 4.99 Å². The molecular weight excluding hydrogens is 358 g/mol. The average Bonchev–Trinajstić information content (AvgIpc) is 2.44. The van der Waals surface area contributed by atoms with Gasteiger partial charge < -0.3 is 20.9 Å². The molecule has 0 unspecified atom stereocenters. The van der Waals surface area contributed by atoms with Crippen molar-refractivity contribution in [3.8, 4) is 0 Å². The number of aliphatic imine (C=N–C) groups is 1. The normalized spacial score (nSPS) is 13.9. The van der Waals surface area contributed by atoms with Crippen LogP contribution in [0.1, 0.15) is 54.4 Å². The molecule has 0 saturated heterocycles. The molecule has 11 heteroatoms. The van der Waals surface area contributed by atoms with Gasteiger partial charge in [-0.15, -0.1) is 5.01 Å². The van der Waals surface area contributed by atoms with Gasteiger partial charge in [0.05, 0.1) is 12.6 Å². The van der Waals surface area contributed by atoms with Gasteiger partial charge in [-0.25, -0.2) is 24.7 Å². The summed E-state index contributed by atoms with van der Waals surface area (Å²) >= 11 is 0. The minimum absolute atomic E-state index is 0.0486. The molecule has 156 valence electrons.